The van der Waals surface area contributed by atoms with Gasteiger partial charge in [0.2, 0.25) is 0 Å². The third-order valence-electron chi connectivity index (χ3n) is 4.46. The Kier molecular flexibility index (Phi) is 7.69. The molecule has 1 aliphatic heterocycles. The molecule has 0 spiro atoms. The maximum Gasteiger partial charge on any atom is 0.123 e. The highest BCUT2D eigenvalue weighted by molar-refractivity contribution is 5.85. The summed E-state index contributed by atoms with van der Waals surface area (Å²) < 4.78 is 19.5. The highest BCUT2D eigenvalue weighted by Gasteiger charge is 2.19. The van der Waals surface area contributed by atoms with Crippen molar-refractivity contribution in [2.45, 2.75) is 25.4 Å². The predicted molar refractivity (Wildman–Crippen MR) is 100 cm³/mol. The Morgan fingerprint density at radius 2 is 1.92 bits per heavy atom. The van der Waals surface area contributed by atoms with Crippen molar-refractivity contribution in [2.24, 2.45) is 0 Å². The number of nitrogens with zero attached hydrogens (tertiary/aromatic N) is 1. The van der Waals surface area contributed by atoms with Gasteiger partial charge in [0.1, 0.15) is 18.2 Å². The molecule has 2 aromatic carbocycles. The maximum atomic E-state index is 13.6. The van der Waals surface area contributed by atoms with Crippen LogP contribution in [0.2, 0.25) is 0 Å². The van der Waals surface area contributed by atoms with E-state index >= 15 is 0 Å². The first-order chi connectivity index (χ1) is 11.7. The Bertz CT molecular complexity index is 653. The van der Waals surface area contributed by atoms with Crippen LogP contribution in [0, 0.1) is 5.82 Å². The number of aryl methyl sites for hydroxylation is 2. The molecule has 1 fully saturated rings. The van der Waals surface area contributed by atoms with Crippen molar-refractivity contribution in [1.82, 2.24) is 4.90 Å². The lowest BCUT2D eigenvalue weighted by atomic mass is 10.0. The number of hydrogen-bond donors (Lipinski definition) is 1. The van der Waals surface area contributed by atoms with E-state index < -0.39 is 0 Å². The smallest absolute Gasteiger partial charge is 0.123 e. The Hall–Kier alpha value is -1.62. The first kappa shape index (κ1) is 19.7. The summed E-state index contributed by atoms with van der Waals surface area (Å²) in [6.45, 7) is 2.96. The molecule has 1 N–H and O–H groups in total. The van der Waals surface area contributed by atoms with Gasteiger partial charge < -0.3 is 9.84 Å². The maximum absolute atomic E-state index is 13.6. The van der Waals surface area contributed by atoms with Crippen LogP contribution in [0.1, 0.15) is 17.5 Å². The Balaban J connectivity index is 0.00000225. The average Bonchev–Trinajstić information content (AvgIpc) is 3.01. The van der Waals surface area contributed by atoms with Crippen molar-refractivity contribution in [3.8, 4) is 5.75 Å². The molecule has 1 aliphatic rings. The second kappa shape index (κ2) is 9.76. The summed E-state index contributed by atoms with van der Waals surface area (Å²) in [7, 11) is 0. The van der Waals surface area contributed by atoms with Crippen molar-refractivity contribution in [3.63, 3.8) is 0 Å². The van der Waals surface area contributed by atoms with Gasteiger partial charge in [-0.25, -0.2) is 4.39 Å². The van der Waals surface area contributed by atoms with Gasteiger partial charge in [0.05, 0.1) is 6.10 Å². The largest absolute Gasteiger partial charge is 0.492 e. The molecule has 2 aromatic rings. The number of benzene rings is 2. The van der Waals surface area contributed by atoms with Crippen molar-refractivity contribution in [2.75, 3.05) is 26.2 Å². The minimum atomic E-state index is -0.229. The minimum Gasteiger partial charge on any atom is -0.492 e. The summed E-state index contributed by atoms with van der Waals surface area (Å²) in [6, 6.07) is 14.9. The van der Waals surface area contributed by atoms with E-state index in [0.717, 1.165) is 43.7 Å². The van der Waals surface area contributed by atoms with Crippen LogP contribution in [0.5, 0.6) is 5.75 Å². The van der Waals surface area contributed by atoms with Gasteiger partial charge in [-0.2, -0.15) is 0 Å². The van der Waals surface area contributed by atoms with Crippen LogP contribution in [-0.2, 0) is 12.8 Å². The van der Waals surface area contributed by atoms with E-state index in [1.807, 2.05) is 18.2 Å². The summed E-state index contributed by atoms with van der Waals surface area (Å²) in [5.74, 6) is 0.528. The molecule has 1 saturated heterocycles. The van der Waals surface area contributed by atoms with Crippen LogP contribution in [0.4, 0.5) is 4.39 Å². The van der Waals surface area contributed by atoms with Crippen LogP contribution in [0.3, 0.4) is 0 Å². The molecule has 25 heavy (non-hydrogen) atoms. The molecule has 1 heterocycles. The van der Waals surface area contributed by atoms with Gasteiger partial charge in [-0.3, -0.25) is 4.90 Å². The molecule has 0 aliphatic carbocycles. The van der Waals surface area contributed by atoms with E-state index in [1.54, 1.807) is 12.1 Å². The van der Waals surface area contributed by atoms with E-state index in [-0.39, 0.29) is 24.3 Å². The van der Waals surface area contributed by atoms with Gasteiger partial charge in [-0.05, 0) is 48.6 Å². The summed E-state index contributed by atoms with van der Waals surface area (Å²) >= 11 is 0. The van der Waals surface area contributed by atoms with Gasteiger partial charge in [0, 0.05) is 19.6 Å². The minimum absolute atomic E-state index is 0. The number of likely N-dealkylation sites (tertiary alicyclic amines) is 1. The zero-order valence-corrected chi connectivity index (χ0v) is 15.1. The molecule has 3 rings (SSSR count). The molecule has 0 bridgehead atoms. The SMILES string of the molecule is Cl.OC1CCN(CCOc2ccc(F)cc2CCc2ccccc2)C1. The van der Waals surface area contributed by atoms with E-state index in [4.69, 9.17) is 4.74 Å². The lowest BCUT2D eigenvalue weighted by Gasteiger charge is -2.17. The zero-order valence-electron chi connectivity index (χ0n) is 14.2. The molecule has 3 nitrogen and oxygen atoms in total. The zero-order chi connectivity index (χ0) is 16.8. The average molecular weight is 366 g/mol. The number of β-amino-alcohol motifs (C(OH)–C–C–N with tert-alkyl or cyclic N) is 1. The van der Waals surface area contributed by atoms with Crippen LogP contribution in [0.15, 0.2) is 48.5 Å². The van der Waals surface area contributed by atoms with E-state index in [1.165, 1.54) is 11.6 Å². The third-order valence-corrected chi connectivity index (χ3v) is 4.46. The monoisotopic (exact) mass is 365 g/mol. The highest BCUT2D eigenvalue weighted by atomic mass is 35.5. The number of rotatable bonds is 7. The first-order valence-corrected chi connectivity index (χ1v) is 8.56. The first-order valence-electron chi connectivity index (χ1n) is 8.56. The van der Waals surface area contributed by atoms with Crippen LogP contribution < -0.4 is 4.74 Å². The van der Waals surface area contributed by atoms with Crippen LogP contribution in [-0.4, -0.2) is 42.4 Å². The van der Waals surface area contributed by atoms with E-state index in [9.17, 15) is 9.50 Å². The molecule has 136 valence electrons. The second-order valence-electron chi connectivity index (χ2n) is 6.33. The van der Waals surface area contributed by atoms with Gasteiger partial charge in [-0.15, -0.1) is 12.4 Å². The summed E-state index contributed by atoms with van der Waals surface area (Å²) in [6.07, 6.45) is 2.23. The number of halogens is 2. The Morgan fingerprint density at radius 1 is 1.12 bits per heavy atom. The van der Waals surface area contributed by atoms with Crippen LogP contribution >= 0.6 is 12.4 Å². The summed E-state index contributed by atoms with van der Waals surface area (Å²) in [5.41, 5.74) is 2.14. The van der Waals surface area contributed by atoms with Gasteiger partial charge >= 0.3 is 0 Å². The quantitative estimate of drug-likeness (QED) is 0.815. The fourth-order valence-corrected chi connectivity index (χ4v) is 3.11. The fourth-order valence-electron chi connectivity index (χ4n) is 3.11. The Labute approximate surface area is 154 Å². The molecular formula is C20H25ClFNO2. The predicted octanol–water partition coefficient (Wildman–Crippen LogP) is 3.48. The lowest BCUT2D eigenvalue weighted by molar-refractivity contribution is 0.167. The molecule has 1 atom stereocenters. The topological polar surface area (TPSA) is 32.7 Å². The standard InChI is InChI=1S/C20H24FNO2.ClH/c21-18-8-9-20(24-13-12-22-11-10-19(23)15-22)17(14-18)7-6-16-4-2-1-3-5-16;/h1-5,8-9,14,19,23H,6-7,10-13,15H2;1H. The van der Waals surface area contributed by atoms with Crippen molar-refractivity contribution in [1.29, 1.82) is 0 Å². The van der Waals surface area contributed by atoms with E-state index in [0.29, 0.717) is 13.2 Å². The normalized spacial score (nSPS) is 17.3. The van der Waals surface area contributed by atoms with Gasteiger partial charge in [0.25, 0.3) is 0 Å². The molecule has 0 saturated carbocycles. The summed E-state index contributed by atoms with van der Waals surface area (Å²) in [4.78, 5) is 2.19. The van der Waals surface area contributed by atoms with Crippen molar-refractivity contribution >= 4 is 12.4 Å². The number of aliphatic hydroxyl groups is 1. The lowest BCUT2D eigenvalue weighted by Crippen LogP contribution is -2.27. The van der Waals surface area contributed by atoms with Gasteiger partial charge in [0.15, 0.2) is 0 Å². The third kappa shape index (κ3) is 5.99. The van der Waals surface area contributed by atoms with Crippen molar-refractivity contribution < 1.29 is 14.2 Å². The molecule has 0 radical (unpaired) electrons. The number of hydrogen-bond acceptors (Lipinski definition) is 3. The van der Waals surface area contributed by atoms with Crippen molar-refractivity contribution in [3.05, 3.63) is 65.5 Å². The van der Waals surface area contributed by atoms with E-state index in [2.05, 4.69) is 17.0 Å². The molecular weight excluding hydrogens is 341 g/mol. The molecule has 1 unspecified atom stereocenters. The van der Waals surface area contributed by atoms with Crippen LogP contribution in [0.25, 0.3) is 0 Å². The number of aliphatic hydroxyl groups excluding tert-OH is 1. The molecule has 0 aromatic heterocycles. The highest BCUT2D eigenvalue weighted by Crippen LogP contribution is 2.22. The van der Waals surface area contributed by atoms with Gasteiger partial charge in [-0.1, -0.05) is 30.3 Å². The fraction of sp³-hybridized carbons (Fsp3) is 0.400. The Morgan fingerprint density at radius 3 is 2.64 bits per heavy atom. The molecule has 5 heteroatoms. The second-order valence-corrected chi connectivity index (χ2v) is 6.33. The number of ether oxygens (including phenoxy) is 1. The summed E-state index contributed by atoms with van der Waals surface area (Å²) in [5, 5.41) is 9.54. The molecule has 0 amide bonds.